The van der Waals surface area contributed by atoms with Crippen molar-refractivity contribution >= 4 is 46.9 Å². The first-order valence-electron chi connectivity index (χ1n) is 13.3. The van der Waals surface area contributed by atoms with Crippen LogP contribution in [-0.2, 0) is 4.74 Å². The van der Waals surface area contributed by atoms with E-state index < -0.39 is 5.60 Å². The average molecular weight is 590 g/mol. The van der Waals surface area contributed by atoms with Gasteiger partial charge >= 0.3 is 6.09 Å². The topological polar surface area (TPSA) is 96.0 Å². The van der Waals surface area contributed by atoms with Gasteiger partial charge < -0.3 is 15.0 Å². The molecule has 1 aliphatic carbocycles. The Bertz CT molecular complexity index is 1340. The third kappa shape index (κ3) is 6.15. The highest BCUT2D eigenvalue weighted by molar-refractivity contribution is 7.99. The number of amides is 1. The van der Waals surface area contributed by atoms with Crippen LogP contribution in [0.15, 0.2) is 40.4 Å². The van der Waals surface area contributed by atoms with Crippen molar-refractivity contribution in [3.05, 3.63) is 46.2 Å². The first-order valence-corrected chi connectivity index (χ1v) is 14.9. The van der Waals surface area contributed by atoms with Gasteiger partial charge in [-0.25, -0.2) is 14.8 Å². The summed E-state index contributed by atoms with van der Waals surface area (Å²) in [7, 11) is 0. The number of halogens is 2. The van der Waals surface area contributed by atoms with E-state index >= 15 is 0 Å². The van der Waals surface area contributed by atoms with Gasteiger partial charge in [0.15, 0.2) is 5.82 Å². The molecule has 5 rings (SSSR count). The number of carbonyl (C=O) groups excluding carboxylic acids is 1. The number of rotatable bonds is 5. The van der Waals surface area contributed by atoms with Crippen LogP contribution in [0.2, 0.25) is 10.0 Å². The lowest BCUT2D eigenvalue weighted by atomic mass is 9.74. The number of anilines is 1. The molecule has 8 nitrogen and oxygen atoms in total. The molecule has 2 aliphatic rings. The summed E-state index contributed by atoms with van der Waals surface area (Å²) in [6.45, 7) is 9.30. The molecule has 1 aromatic carbocycles. The second kappa shape index (κ2) is 11.2. The first kappa shape index (κ1) is 28.1. The molecule has 1 spiro atoms. The monoisotopic (exact) mass is 588 g/mol. The predicted octanol–water partition coefficient (Wildman–Crippen LogP) is 7.30. The highest BCUT2D eigenvalue weighted by Gasteiger charge is 2.46. The summed E-state index contributed by atoms with van der Waals surface area (Å²) in [5.74, 6) is 0.836. The second-order valence-electron chi connectivity index (χ2n) is 11.4. The Morgan fingerprint density at radius 2 is 1.95 bits per heavy atom. The number of benzene rings is 1. The number of aromatic amines is 1. The van der Waals surface area contributed by atoms with Crippen LogP contribution in [0.3, 0.4) is 0 Å². The zero-order valence-corrected chi connectivity index (χ0v) is 25.0. The molecule has 3 aromatic rings. The Balaban J connectivity index is 1.37. The van der Waals surface area contributed by atoms with Crippen molar-refractivity contribution in [1.82, 2.24) is 25.5 Å². The minimum absolute atomic E-state index is 0.0726. The fraction of sp³-hybridized carbons (Fsp3) is 0.500. The van der Waals surface area contributed by atoms with Gasteiger partial charge in [-0.05, 0) is 77.0 Å². The molecular formula is C28H34Cl2N6O2S. The summed E-state index contributed by atoms with van der Waals surface area (Å²) in [5, 5.41) is 12.2. The molecule has 2 fully saturated rings. The van der Waals surface area contributed by atoms with E-state index in [2.05, 4.69) is 20.4 Å². The van der Waals surface area contributed by atoms with Crippen molar-refractivity contribution in [2.24, 2.45) is 5.41 Å². The molecule has 0 radical (unpaired) electrons. The summed E-state index contributed by atoms with van der Waals surface area (Å²) in [6.07, 6.45) is 6.52. The molecular weight excluding hydrogens is 555 g/mol. The van der Waals surface area contributed by atoms with E-state index in [0.29, 0.717) is 10.0 Å². The van der Waals surface area contributed by atoms with Crippen molar-refractivity contribution in [2.75, 3.05) is 18.0 Å². The molecule has 1 aliphatic heterocycles. The molecule has 0 unspecified atom stereocenters. The van der Waals surface area contributed by atoms with Gasteiger partial charge in [0.2, 0.25) is 0 Å². The van der Waals surface area contributed by atoms with Crippen LogP contribution in [-0.4, -0.2) is 51.0 Å². The summed E-state index contributed by atoms with van der Waals surface area (Å²) < 4.78 is 5.56. The number of aryl methyl sites for hydroxylation is 1. The maximum absolute atomic E-state index is 12.6. The molecule has 1 saturated heterocycles. The molecule has 2 N–H and O–H groups in total. The minimum Gasteiger partial charge on any atom is -0.444 e. The maximum atomic E-state index is 12.6. The van der Waals surface area contributed by atoms with Gasteiger partial charge in [-0.2, -0.15) is 5.10 Å². The van der Waals surface area contributed by atoms with E-state index in [9.17, 15) is 4.79 Å². The Hall–Kier alpha value is -2.49. The molecule has 2 aromatic heterocycles. The van der Waals surface area contributed by atoms with Gasteiger partial charge in [0.1, 0.15) is 16.3 Å². The zero-order valence-electron chi connectivity index (χ0n) is 22.7. The molecule has 1 atom stereocenters. The lowest BCUT2D eigenvalue weighted by Crippen LogP contribution is -2.51. The number of hydrogen-bond acceptors (Lipinski definition) is 7. The lowest BCUT2D eigenvalue weighted by Gasteiger charge is -2.44. The normalized spacial score (nSPS) is 18.9. The standard InChI is InChI=1S/C28H34Cl2N6O2S/c1-17-25(39-20-8-5-7-18(29)22(20)30)34-23(19-10-14-31-35-19)24(32-17)36-15-12-28(13-16-36)11-6-9-21(28)33-26(37)38-27(2,3)4/h5,7-8,10,14,21H,6,9,11-13,15-16H2,1-4H3,(H,31,35)(H,33,37)/t21-/m1/s1. The van der Waals surface area contributed by atoms with Gasteiger partial charge in [0.25, 0.3) is 0 Å². The third-order valence-corrected chi connectivity index (χ3v) is 9.61. The van der Waals surface area contributed by atoms with Gasteiger partial charge in [0, 0.05) is 30.2 Å². The van der Waals surface area contributed by atoms with Crippen molar-refractivity contribution in [1.29, 1.82) is 0 Å². The second-order valence-corrected chi connectivity index (χ2v) is 13.2. The number of alkyl carbamates (subject to hydrolysis) is 1. The van der Waals surface area contributed by atoms with Crippen molar-refractivity contribution in [2.45, 2.75) is 81.4 Å². The van der Waals surface area contributed by atoms with E-state index in [-0.39, 0.29) is 17.6 Å². The maximum Gasteiger partial charge on any atom is 0.407 e. The van der Waals surface area contributed by atoms with E-state index in [0.717, 1.165) is 78.0 Å². The van der Waals surface area contributed by atoms with E-state index in [1.54, 1.807) is 12.3 Å². The lowest BCUT2D eigenvalue weighted by molar-refractivity contribution is 0.0442. The Labute approximate surface area is 243 Å². The van der Waals surface area contributed by atoms with E-state index in [4.69, 9.17) is 37.9 Å². The number of nitrogens with zero attached hydrogens (tertiary/aromatic N) is 4. The molecule has 0 bridgehead atoms. The average Bonchev–Trinajstić information content (AvgIpc) is 3.53. The van der Waals surface area contributed by atoms with Gasteiger partial charge in [-0.1, -0.05) is 47.5 Å². The largest absolute Gasteiger partial charge is 0.444 e. The van der Waals surface area contributed by atoms with Crippen LogP contribution < -0.4 is 10.2 Å². The number of nitrogens with one attached hydrogen (secondary N) is 2. The number of ether oxygens (including phenoxy) is 1. The van der Waals surface area contributed by atoms with Crippen LogP contribution in [0.4, 0.5) is 10.6 Å². The van der Waals surface area contributed by atoms with Crippen molar-refractivity contribution < 1.29 is 9.53 Å². The molecule has 3 heterocycles. The molecule has 1 amide bonds. The van der Waals surface area contributed by atoms with Gasteiger partial charge in [0.05, 0.1) is 21.4 Å². The predicted molar refractivity (Wildman–Crippen MR) is 156 cm³/mol. The molecule has 1 saturated carbocycles. The van der Waals surface area contributed by atoms with Crippen LogP contribution in [0.25, 0.3) is 11.4 Å². The van der Waals surface area contributed by atoms with E-state index in [1.807, 2.05) is 45.9 Å². The van der Waals surface area contributed by atoms with Crippen LogP contribution in [0.5, 0.6) is 0 Å². The van der Waals surface area contributed by atoms with Crippen molar-refractivity contribution in [3.8, 4) is 11.4 Å². The van der Waals surface area contributed by atoms with Gasteiger partial charge in [-0.15, -0.1) is 0 Å². The van der Waals surface area contributed by atoms with Crippen LogP contribution in [0.1, 0.15) is 58.6 Å². The quantitative estimate of drug-likeness (QED) is 0.323. The molecule has 208 valence electrons. The van der Waals surface area contributed by atoms with Gasteiger partial charge in [-0.3, -0.25) is 5.10 Å². The van der Waals surface area contributed by atoms with Crippen LogP contribution >= 0.6 is 35.0 Å². The SMILES string of the molecule is Cc1nc(N2CCC3(CCC[C@H]3NC(=O)OC(C)(C)C)CC2)c(-c2ccn[nH]2)nc1Sc1cccc(Cl)c1Cl. The third-order valence-electron chi connectivity index (χ3n) is 7.54. The number of H-pyrrole nitrogens is 1. The molecule has 11 heteroatoms. The summed E-state index contributed by atoms with van der Waals surface area (Å²) in [6, 6.07) is 7.60. The zero-order chi connectivity index (χ0) is 27.8. The Morgan fingerprint density at radius 3 is 2.64 bits per heavy atom. The summed E-state index contributed by atoms with van der Waals surface area (Å²) >= 11 is 14.2. The first-order chi connectivity index (χ1) is 18.5. The Kier molecular flexibility index (Phi) is 8.04. The summed E-state index contributed by atoms with van der Waals surface area (Å²) in [5.41, 5.74) is 1.94. The Morgan fingerprint density at radius 1 is 1.18 bits per heavy atom. The minimum atomic E-state index is -0.513. The molecule has 39 heavy (non-hydrogen) atoms. The highest BCUT2D eigenvalue weighted by Crippen LogP contribution is 2.48. The fourth-order valence-electron chi connectivity index (χ4n) is 5.62. The highest BCUT2D eigenvalue weighted by atomic mass is 35.5. The summed E-state index contributed by atoms with van der Waals surface area (Å²) in [4.78, 5) is 25.8. The number of hydrogen-bond donors (Lipinski definition) is 2. The van der Waals surface area contributed by atoms with Crippen molar-refractivity contribution in [3.63, 3.8) is 0 Å². The number of carbonyl (C=O) groups is 1. The smallest absolute Gasteiger partial charge is 0.407 e. The fourth-order valence-corrected chi connectivity index (χ4v) is 6.98. The number of piperidine rings is 1. The van der Waals surface area contributed by atoms with Crippen LogP contribution in [0, 0.1) is 12.3 Å². The number of aromatic nitrogens is 4. The van der Waals surface area contributed by atoms with E-state index in [1.165, 1.54) is 11.8 Å².